The first-order chi connectivity index (χ1) is 7.78. The van der Waals surface area contributed by atoms with Crippen LogP contribution in [-0.2, 0) is 0 Å². The van der Waals surface area contributed by atoms with Crippen molar-refractivity contribution in [3.05, 3.63) is 0 Å². The summed E-state index contributed by atoms with van der Waals surface area (Å²) in [4.78, 5) is 4.97. The Morgan fingerprint density at radius 2 is 0.938 bits per heavy atom. The molecule has 0 rings (SSSR count). The maximum atomic E-state index is 2.48. The monoisotopic (exact) mass is 264 g/mol. The maximum absolute atomic E-state index is 2.48. The number of rotatable bonds is 11. The van der Waals surface area contributed by atoms with Crippen molar-refractivity contribution in [2.24, 2.45) is 0 Å². The number of nitrogens with zero attached hydrogens (tertiary/aromatic N) is 2. The van der Waals surface area contributed by atoms with Gasteiger partial charge in [-0.25, -0.2) is 0 Å². The van der Waals surface area contributed by atoms with E-state index in [1.165, 1.54) is 50.8 Å². The van der Waals surface area contributed by atoms with Crippen LogP contribution in [0, 0.1) is 0 Å². The minimum atomic E-state index is 1.18. The van der Waals surface area contributed by atoms with Crippen LogP contribution >= 0.6 is 21.6 Å². The Hall–Kier alpha value is 0.620. The lowest BCUT2D eigenvalue weighted by molar-refractivity contribution is 0.323. The molecule has 98 valence electrons. The highest BCUT2D eigenvalue weighted by atomic mass is 33.1. The van der Waals surface area contributed by atoms with Gasteiger partial charge in [0.2, 0.25) is 0 Å². The maximum Gasteiger partial charge on any atom is 0.0165 e. The van der Waals surface area contributed by atoms with Crippen LogP contribution in [0.25, 0.3) is 0 Å². The molecule has 0 N–H and O–H groups in total. The third-order valence-corrected chi connectivity index (χ3v) is 5.22. The molecule has 0 radical (unpaired) electrons. The van der Waals surface area contributed by atoms with Gasteiger partial charge in [-0.2, -0.15) is 0 Å². The van der Waals surface area contributed by atoms with Crippen LogP contribution in [0.2, 0.25) is 0 Å². The molecule has 0 amide bonds. The lowest BCUT2D eigenvalue weighted by atomic mass is 10.5. The van der Waals surface area contributed by atoms with E-state index in [0.717, 1.165) is 0 Å². The van der Waals surface area contributed by atoms with Crippen LogP contribution in [-0.4, -0.2) is 60.6 Å². The second kappa shape index (κ2) is 12.1. The van der Waals surface area contributed by atoms with Gasteiger partial charge < -0.3 is 9.80 Å². The molecule has 0 aromatic carbocycles. The molecular weight excluding hydrogens is 236 g/mol. The van der Waals surface area contributed by atoms with Crippen LogP contribution in [0.1, 0.15) is 27.7 Å². The van der Waals surface area contributed by atoms with Gasteiger partial charge in [0.1, 0.15) is 0 Å². The van der Waals surface area contributed by atoms with E-state index in [-0.39, 0.29) is 0 Å². The summed E-state index contributed by atoms with van der Waals surface area (Å²) >= 11 is 0. The van der Waals surface area contributed by atoms with Crippen LogP contribution in [0.5, 0.6) is 0 Å². The summed E-state index contributed by atoms with van der Waals surface area (Å²) < 4.78 is 0. The highest BCUT2D eigenvalue weighted by Crippen LogP contribution is 2.20. The molecule has 0 aliphatic carbocycles. The SMILES string of the molecule is CCN(CC)CCSSCCN(CC)CC. The van der Waals surface area contributed by atoms with Crippen LogP contribution in [0.3, 0.4) is 0 Å². The van der Waals surface area contributed by atoms with Crippen molar-refractivity contribution in [3.63, 3.8) is 0 Å². The summed E-state index contributed by atoms with van der Waals surface area (Å²) in [7, 11) is 4.05. The van der Waals surface area contributed by atoms with Crippen molar-refractivity contribution < 1.29 is 0 Å². The normalized spacial score (nSPS) is 11.6. The fourth-order valence-electron chi connectivity index (χ4n) is 1.53. The zero-order valence-electron chi connectivity index (χ0n) is 11.4. The standard InChI is InChI=1S/C12H28N2S2/c1-5-13(6-2)9-11-15-16-12-10-14(7-3)8-4/h5-12H2,1-4H3. The quantitative estimate of drug-likeness (QED) is 0.418. The van der Waals surface area contributed by atoms with Gasteiger partial charge in [-0.1, -0.05) is 49.3 Å². The van der Waals surface area contributed by atoms with Crippen molar-refractivity contribution >= 4 is 21.6 Å². The van der Waals surface area contributed by atoms with Gasteiger partial charge in [-0.05, 0) is 26.2 Å². The molecule has 0 fully saturated rings. The average molecular weight is 265 g/mol. The van der Waals surface area contributed by atoms with E-state index in [0.29, 0.717) is 0 Å². The molecule has 0 saturated carbocycles. The van der Waals surface area contributed by atoms with Crippen LogP contribution in [0.4, 0.5) is 0 Å². The smallest absolute Gasteiger partial charge is 0.0165 e. The molecule has 0 aromatic heterocycles. The van der Waals surface area contributed by atoms with E-state index in [1.54, 1.807) is 0 Å². The summed E-state index contributed by atoms with van der Waals surface area (Å²) in [5, 5.41) is 0. The number of hydrogen-bond acceptors (Lipinski definition) is 4. The predicted molar refractivity (Wildman–Crippen MR) is 80.5 cm³/mol. The largest absolute Gasteiger partial charge is 0.303 e. The molecule has 4 heteroatoms. The molecule has 0 aliphatic rings. The minimum Gasteiger partial charge on any atom is -0.303 e. The third-order valence-electron chi connectivity index (χ3n) is 2.85. The van der Waals surface area contributed by atoms with E-state index in [4.69, 9.17) is 0 Å². The first-order valence-electron chi connectivity index (χ1n) is 6.47. The molecule has 16 heavy (non-hydrogen) atoms. The van der Waals surface area contributed by atoms with E-state index >= 15 is 0 Å². The molecule has 0 unspecified atom stereocenters. The highest BCUT2D eigenvalue weighted by molar-refractivity contribution is 8.76. The predicted octanol–water partition coefficient (Wildman–Crippen LogP) is 3.05. The molecule has 0 aliphatic heterocycles. The topological polar surface area (TPSA) is 6.48 Å². The Morgan fingerprint density at radius 3 is 1.19 bits per heavy atom. The second-order valence-electron chi connectivity index (χ2n) is 3.70. The van der Waals surface area contributed by atoms with E-state index in [1.807, 2.05) is 21.6 Å². The lowest BCUT2D eigenvalue weighted by Gasteiger charge is -2.18. The van der Waals surface area contributed by atoms with Crippen molar-refractivity contribution in [1.82, 2.24) is 9.80 Å². The second-order valence-corrected chi connectivity index (χ2v) is 6.40. The Morgan fingerprint density at radius 1 is 0.625 bits per heavy atom. The van der Waals surface area contributed by atoms with E-state index in [2.05, 4.69) is 37.5 Å². The fraction of sp³-hybridized carbons (Fsp3) is 1.00. The first kappa shape index (κ1) is 16.6. The zero-order chi connectivity index (χ0) is 12.2. The fourth-order valence-corrected chi connectivity index (χ4v) is 3.59. The van der Waals surface area contributed by atoms with E-state index < -0.39 is 0 Å². The Kier molecular flexibility index (Phi) is 12.6. The lowest BCUT2D eigenvalue weighted by Crippen LogP contribution is -2.26. The average Bonchev–Trinajstić information content (AvgIpc) is 2.33. The molecule has 0 atom stereocenters. The van der Waals surface area contributed by atoms with Crippen molar-refractivity contribution in [3.8, 4) is 0 Å². The summed E-state index contributed by atoms with van der Waals surface area (Å²) in [6.07, 6.45) is 0. The summed E-state index contributed by atoms with van der Waals surface area (Å²) in [5.74, 6) is 2.51. The molecule has 2 nitrogen and oxygen atoms in total. The molecule has 0 saturated heterocycles. The van der Waals surface area contributed by atoms with Crippen molar-refractivity contribution in [2.75, 3.05) is 50.8 Å². The summed E-state index contributed by atoms with van der Waals surface area (Å²) in [6.45, 7) is 16.1. The van der Waals surface area contributed by atoms with Gasteiger partial charge in [0.05, 0.1) is 0 Å². The summed E-state index contributed by atoms with van der Waals surface area (Å²) in [5.41, 5.74) is 0. The molecule has 0 aromatic rings. The van der Waals surface area contributed by atoms with Crippen molar-refractivity contribution in [2.45, 2.75) is 27.7 Å². The minimum absolute atomic E-state index is 1.18. The Labute approximate surface area is 110 Å². The molecular formula is C12H28N2S2. The Bertz CT molecular complexity index is 121. The first-order valence-corrected chi connectivity index (χ1v) is 8.96. The van der Waals surface area contributed by atoms with Gasteiger partial charge in [-0.15, -0.1) is 0 Å². The van der Waals surface area contributed by atoms with Gasteiger partial charge in [0.15, 0.2) is 0 Å². The molecule has 0 bridgehead atoms. The number of hydrogen-bond donors (Lipinski definition) is 0. The molecule has 0 heterocycles. The summed E-state index contributed by atoms with van der Waals surface area (Å²) in [6, 6.07) is 0. The van der Waals surface area contributed by atoms with Gasteiger partial charge in [0.25, 0.3) is 0 Å². The molecule has 0 spiro atoms. The van der Waals surface area contributed by atoms with Gasteiger partial charge in [0, 0.05) is 24.6 Å². The van der Waals surface area contributed by atoms with Crippen molar-refractivity contribution in [1.29, 1.82) is 0 Å². The van der Waals surface area contributed by atoms with Gasteiger partial charge in [-0.3, -0.25) is 0 Å². The highest BCUT2D eigenvalue weighted by Gasteiger charge is 2.00. The van der Waals surface area contributed by atoms with Gasteiger partial charge >= 0.3 is 0 Å². The van der Waals surface area contributed by atoms with Crippen LogP contribution in [0.15, 0.2) is 0 Å². The van der Waals surface area contributed by atoms with E-state index in [9.17, 15) is 0 Å². The Balaban J connectivity index is 3.26. The zero-order valence-corrected chi connectivity index (χ0v) is 13.0. The third kappa shape index (κ3) is 8.74. The van der Waals surface area contributed by atoms with Crippen LogP contribution < -0.4 is 0 Å².